The Kier molecular flexibility index (Phi) is 5.59. The second-order valence-corrected chi connectivity index (χ2v) is 6.33. The van der Waals surface area contributed by atoms with E-state index in [-0.39, 0.29) is 6.61 Å². The average Bonchev–Trinajstić information content (AvgIpc) is 3.15. The highest BCUT2D eigenvalue weighted by molar-refractivity contribution is 7.15. The number of ether oxygens (including phenoxy) is 2. The van der Waals surface area contributed by atoms with Crippen LogP contribution in [0.1, 0.15) is 10.4 Å². The van der Waals surface area contributed by atoms with Gasteiger partial charge in [-0.3, -0.25) is 0 Å². The van der Waals surface area contributed by atoms with Crippen molar-refractivity contribution in [3.05, 3.63) is 77.3 Å². The summed E-state index contributed by atoms with van der Waals surface area (Å²) in [7, 11) is 1.61. The molecule has 0 saturated carbocycles. The molecule has 3 aromatic rings. The minimum atomic E-state index is -0.391. The topological polar surface area (TPSA) is 48.4 Å². The van der Waals surface area contributed by atoms with Gasteiger partial charge in [-0.25, -0.2) is 9.78 Å². The molecular formula is C20H17NO3S. The Morgan fingerprint density at radius 2 is 2.00 bits per heavy atom. The van der Waals surface area contributed by atoms with Gasteiger partial charge < -0.3 is 9.47 Å². The van der Waals surface area contributed by atoms with E-state index in [4.69, 9.17) is 9.47 Å². The van der Waals surface area contributed by atoms with Crippen molar-refractivity contribution in [3.63, 3.8) is 0 Å². The van der Waals surface area contributed by atoms with E-state index in [0.29, 0.717) is 0 Å². The summed E-state index contributed by atoms with van der Waals surface area (Å²) in [4.78, 5) is 17.1. The summed E-state index contributed by atoms with van der Waals surface area (Å²) in [5.41, 5.74) is 1.93. The Morgan fingerprint density at radius 3 is 2.80 bits per heavy atom. The molecule has 0 atom stereocenters. The van der Waals surface area contributed by atoms with Crippen LogP contribution in [0.15, 0.2) is 66.9 Å². The van der Waals surface area contributed by atoms with E-state index in [1.54, 1.807) is 19.4 Å². The molecule has 3 rings (SSSR count). The molecule has 0 fully saturated rings. The van der Waals surface area contributed by atoms with Crippen LogP contribution in [0.3, 0.4) is 0 Å². The van der Waals surface area contributed by atoms with E-state index in [9.17, 15) is 4.79 Å². The highest BCUT2D eigenvalue weighted by atomic mass is 32.1. The van der Waals surface area contributed by atoms with Gasteiger partial charge in [-0.05, 0) is 23.8 Å². The zero-order valence-electron chi connectivity index (χ0n) is 13.7. The second kappa shape index (κ2) is 8.26. The van der Waals surface area contributed by atoms with Gasteiger partial charge in [0.1, 0.15) is 17.4 Å². The molecular weight excluding hydrogens is 334 g/mol. The first-order valence-electron chi connectivity index (χ1n) is 7.73. The summed E-state index contributed by atoms with van der Waals surface area (Å²) in [5.74, 6) is 0.353. The van der Waals surface area contributed by atoms with Crippen molar-refractivity contribution in [3.8, 4) is 16.3 Å². The van der Waals surface area contributed by atoms with Crippen LogP contribution in [-0.4, -0.2) is 18.1 Å². The maximum Gasteiger partial charge on any atom is 0.331 e. The molecule has 0 radical (unpaired) electrons. The Hall–Kier alpha value is -2.92. The highest BCUT2D eigenvalue weighted by Gasteiger charge is 2.06. The Morgan fingerprint density at radius 1 is 1.16 bits per heavy atom. The normalized spacial score (nSPS) is 10.8. The fourth-order valence-corrected chi connectivity index (χ4v) is 3.02. The summed E-state index contributed by atoms with van der Waals surface area (Å²) in [6.45, 7) is 0.214. The zero-order valence-corrected chi connectivity index (χ0v) is 14.5. The zero-order chi connectivity index (χ0) is 17.5. The molecule has 0 spiro atoms. The fraction of sp³-hybridized carbons (Fsp3) is 0.100. The first kappa shape index (κ1) is 16.9. The molecule has 0 amide bonds. The SMILES string of the molecule is COc1cccc(C=CC(=O)OCc2cnc(-c3ccccc3)s2)c1. The van der Waals surface area contributed by atoms with E-state index < -0.39 is 5.97 Å². The number of carbonyl (C=O) groups is 1. The predicted octanol–water partition coefficient (Wildman–Crippen LogP) is 4.58. The monoisotopic (exact) mass is 351 g/mol. The summed E-state index contributed by atoms with van der Waals surface area (Å²) in [6, 6.07) is 17.4. The van der Waals surface area contributed by atoms with E-state index >= 15 is 0 Å². The summed E-state index contributed by atoms with van der Waals surface area (Å²) >= 11 is 1.52. The Bertz CT molecular complexity index is 871. The van der Waals surface area contributed by atoms with Gasteiger partial charge in [-0.15, -0.1) is 11.3 Å². The van der Waals surface area contributed by atoms with Crippen LogP contribution in [0.25, 0.3) is 16.6 Å². The summed E-state index contributed by atoms with van der Waals surface area (Å²) in [5, 5.41) is 0.915. The van der Waals surface area contributed by atoms with Crippen LogP contribution in [-0.2, 0) is 16.1 Å². The highest BCUT2D eigenvalue weighted by Crippen LogP contribution is 2.25. The maximum atomic E-state index is 11.9. The summed E-state index contributed by atoms with van der Waals surface area (Å²) < 4.78 is 10.4. The molecule has 5 heteroatoms. The lowest BCUT2D eigenvalue weighted by atomic mass is 10.2. The number of rotatable bonds is 6. The molecule has 0 aliphatic heterocycles. The van der Waals surface area contributed by atoms with E-state index in [2.05, 4.69) is 4.98 Å². The van der Waals surface area contributed by atoms with Gasteiger partial charge in [-0.2, -0.15) is 0 Å². The maximum absolute atomic E-state index is 11.9. The van der Waals surface area contributed by atoms with Gasteiger partial charge in [0.15, 0.2) is 0 Å². The molecule has 1 aromatic heterocycles. The van der Waals surface area contributed by atoms with E-state index in [1.165, 1.54) is 17.4 Å². The molecule has 0 N–H and O–H groups in total. The molecule has 4 nitrogen and oxygen atoms in total. The van der Waals surface area contributed by atoms with Gasteiger partial charge in [0.25, 0.3) is 0 Å². The molecule has 0 aliphatic carbocycles. The number of methoxy groups -OCH3 is 1. The van der Waals surface area contributed by atoms with Crippen LogP contribution >= 0.6 is 11.3 Å². The molecule has 0 saturated heterocycles. The molecule has 25 heavy (non-hydrogen) atoms. The third-order valence-electron chi connectivity index (χ3n) is 3.44. The Labute approximate surface area is 150 Å². The van der Waals surface area contributed by atoms with E-state index in [1.807, 2.05) is 54.6 Å². The molecule has 0 unspecified atom stereocenters. The first-order chi connectivity index (χ1) is 12.2. The standard InChI is InChI=1S/C20H17NO3S/c1-23-17-9-5-6-15(12-17)10-11-19(22)24-14-18-13-21-20(25-18)16-7-3-2-4-8-16/h2-13H,14H2,1H3. The van der Waals surface area contributed by atoms with Gasteiger partial charge in [-0.1, -0.05) is 42.5 Å². The number of thiazole rings is 1. The third-order valence-corrected chi connectivity index (χ3v) is 4.46. The lowest BCUT2D eigenvalue weighted by Gasteiger charge is -2.00. The van der Waals surface area contributed by atoms with Crippen molar-refractivity contribution in [2.45, 2.75) is 6.61 Å². The molecule has 1 heterocycles. The number of carbonyl (C=O) groups excluding carboxylic acids is 1. The van der Waals surface area contributed by atoms with Crippen LogP contribution in [0, 0.1) is 0 Å². The number of nitrogens with zero attached hydrogens (tertiary/aromatic N) is 1. The van der Waals surface area contributed by atoms with Crippen molar-refractivity contribution in [2.75, 3.05) is 7.11 Å². The quantitative estimate of drug-likeness (QED) is 0.482. The largest absolute Gasteiger partial charge is 0.497 e. The van der Waals surface area contributed by atoms with Gasteiger partial charge in [0.05, 0.1) is 12.0 Å². The van der Waals surface area contributed by atoms with E-state index in [0.717, 1.165) is 26.8 Å². The van der Waals surface area contributed by atoms with Gasteiger partial charge >= 0.3 is 5.97 Å². The van der Waals surface area contributed by atoms with Crippen LogP contribution in [0.5, 0.6) is 5.75 Å². The number of hydrogen-bond donors (Lipinski definition) is 0. The third kappa shape index (κ3) is 4.78. The van der Waals surface area contributed by atoms with Crippen molar-refractivity contribution in [1.82, 2.24) is 4.98 Å². The number of benzene rings is 2. The second-order valence-electron chi connectivity index (χ2n) is 5.22. The average molecular weight is 351 g/mol. The molecule has 126 valence electrons. The minimum Gasteiger partial charge on any atom is -0.497 e. The van der Waals surface area contributed by atoms with Crippen molar-refractivity contribution < 1.29 is 14.3 Å². The van der Waals surface area contributed by atoms with Crippen LogP contribution in [0.4, 0.5) is 0 Å². The van der Waals surface area contributed by atoms with Crippen molar-refractivity contribution in [2.24, 2.45) is 0 Å². The number of aromatic nitrogens is 1. The molecule has 0 bridgehead atoms. The minimum absolute atomic E-state index is 0.214. The molecule has 2 aromatic carbocycles. The van der Waals surface area contributed by atoms with Crippen molar-refractivity contribution in [1.29, 1.82) is 0 Å². The van der Waals surface area contributed by atoms with Crippen LogP contribution < -0.4 is 4.74 Å². The lowest BCUT2D eigenvalue weighted by molar-refractivity contribution is -0.138. The lowest BCUT2D eigenvalue weighted by Crippen LogP contribution is -1.99. The fourth-order valence-electron chi connectivity index (χ4n) is 2.19. The Balaban J connectivity index is 1.55. The van der Waals surface area contributed by atoms with Gasteiger partial charge in [0.2, 0.25) is 0 Å². The summed E-state index contributed by atoms with van der Waals surface area (Å²) in [6.07, 6.45) is 4.85. The van der Waals surface area contributed by atoms with Gasteiger partial charge in [0, 0.05) is 17.8 Å². The number of hydrogen-bond acceptors (Lipinski definition) is 5. The van der Waals surface area contributed by atoms with Crippen molar-refractivity contribution >= 4 is 23.4 Å². The molecule has 0 aliphatic rings. The van der Waals surface area contributed by atoms with Crippen LogP contribution in [0.2, 0.25) is 0 Å². The first-order valence-corrected chi connectivity index (χ1v) is 8.55. The smallest absolute Gasteiger partial charge is 0.331 e. The predicted molar refractivity (Wildman–Crippen MR) is 99.4 cm³/mol. The number of esters is 1.